The molecule has 0 radical (unpaired) electrons. The van der Waals surface area contributed by atoms with Crippen LogP contribution in [0, 0.1) is 5.92 Å². The van der Waals surface area contributed by atoms with Crippen LogP contribution in [0.4, 0.5) is 0 Å². The summed E-state index contributed by atoms with van der Waals surface area (Å²) < 4.78 is 6.79. The van der Waals surface area contributed by atoms with Crippen molar-refractivity contribution in [2.24, 2.45) is 5.92 Å². The average Bonchev–Trinajstić information content (AvgIpc) is 2.67. The summed E-state index contributed by atoms with van der Waals surface area (Å²) in [5.41, 5.74) is 0. The van der Waals surface area contributed by atoms with Crippen molar-refractivity contribution in [3.63, 3.8) is 0 Å². The molecule has 1 aromatic rings. The number of hydrogen-bond donors (Lipinski definition) is 1. The number of nitrogens with one attached hydrogen (secondary N) is 1. The maximum absolute atomic E-state index is 5.59. The summed E-state index contributed by atoms with van der Waals surface area (Å²) in [6.07, 6.45) is 2.28. The average molecular weight is 304 g/mol. The van der Waals surface area contributed by atoms with Crippen LogP contribution in [-0.4, -0.2) is 25.8 Å². The molecule has 2 heterocycles. The Balaban J connectivity index is 1.95. The van der Waals surface area contributed by atoms with Crippen LogP contribution in [0.3, 0.4) is 0 Å². The van der Waals surface area contributed by atoms with Crippen molar-refractivity contribution in [3.8, 4) is 0 Å². The fourth-order valence-electron chi connectivity index (χ4n) is 2.25. The predicted octanol–water partition coefficient (Wildman–Crippen LogP) is 3.07. The second-order valence-electron chi connectivity index (χ2n) is 4.22. The Bertz CT molecular complexity index is 327. The van der Waals surface area contributed by atoms with Crippen LogP contribution in [0.5, 0.6) is 0 Å². The highest BCUT2D eigenvalue weighted by Gasteiger charge is 2.25. The molecule has 1 aromatic heterocycles. The third-order valence-electron chi connectivity index (χ3n) is 3.03. The molecule has 0 amide bonds. The number of thiophene rings is 1. The van der Waals surface area contributed by atoms with E-state index in [1.54, 1.807) is 0 Å². The molecule has 0 aromatic carbocycles. The van der Waals surface area contributed by atoms with E-state index >= 15 is 0 Å². The maximum Gasteiger partial charge on any atom is 0.0512 e. The van der Waals surface area contributed by atoms with Crippen LogP contribution >= 0.6 is 27.3 Å². The van der Waals surface area contributed by atoms with E-state index in [1.165, 1.54) is 9.35 Å². The highest BCUT2D eigenvalue weighted by atomic mass is 79.9. The van der Waals surface area contributed by atoms with Gasteiger partial charge >= 0.3 is 0 Å². The third-order valence-corrected chi connectivity index (χ3v) is 4.75. The van der Waals surface area contributed by atoms with Crippen molar-refractivity contribution >= 4 is 27.3 Å². The standard InChI is InChI=1S/C12H18BrNOS/c1-2-14-12-3-4-15-7-9(12)5-11-6-10(13)8-16-11/h6,8-9,12,14H,2-5,7H2,1H3. The van der Waals surface area contributed by atoms with Gasteiger partial charge in [-0.25, -0.2) is 0 Å². The van der Waals surface area contributed by atoms with E-state index in [9.17, 15) is 0 Å². The first kappa shape index (κ1) is 12.6. The first-order valence-corrected chi connectivity index (χ1v) is 7.51. The molecule has 90 valence electrons. The summed E-state index contributed by atoms with van der Waals surface area (Å²) in [4.78, 5) is 1.45. The molecule has 1 N–H and O–H groups in total. The summed E-state index contributed by atoms with van der Waals surface area (Å²) in [6.45, 7) is 5.03. The maximum atomic E-state index is 5.59. The fourth-order valence-corrected chi connectivity index (χ4v) is 3.79. The lowest BCUT2D eigenvalue weighted by atomic mass is 9.92. The second kappa shape index (κ2) is 6.15. The molecule has 0 saturated carbocycles. The largest absolute Gasteiger partial charge is 0.381 e. The summed E-state index contributed by atoms with van der Waals surface area (Å²) in [6, 6.07) is 2.85. The second-order valence-corrected chi connectivity index (χ2v) is 6.13. The molecule has 1 fully saturated rings. The molecule has 2 atom stereocenters. The molecular formula is C12H18BrNOS. The smallest absolute Gasteiger partial charge is 0.0512 e. The van der Waals surface area contributed by atoms with Crippen molar-refractivity contribution in [2.45, 2.75) is 25.8 Å². The highest BCUT2D eigenvalue weighted by Crippen LogP contribution is 2.26. The Morgan fingerprint density at radius 3 is 3.19 bits per heavy atom. The van der Waals surface area contributed by atoms with Crippen LogP contribution < -0.4 is 5.32 Å². The van der Waals surface area contributed by atoms with Crippen molar-refractivity contribution < 1.29 is 4.74 Å². The molecule has 1 aliphatic heterocycles. The van der Waals surface area contributed by atoms with Crippen molar-refractivity contribution in [3.05, 3.63) is 20.8 Å². The molecule has 4 heteroatoms. The van der Waals surface area contributed by atoms with Gasteiger partial charge in [-0.05, 0) is 41.4 Å². The molecule has 0 bridgehead atoms. The van der Waals surface area contributed by atoms with Gasteiger partial charge in [0.1, 0.15) is 0 Å². The van der Waals surface area contributed by atoms with Gasteiger partial charge in [-0.3, -0.25) is 0 Å². The van der Waals surface area contributed by atoms with E-state index in [0.717, 1.165) is 32.6 Å². The van der Waals surface area contributed by atoms with Crippen molar-refractivity contribution in [2.75, 3.05) is 19.8 Å². The Morgan fingerprint density at radius 2 is 2.50 bits per heavy atom. The van der Waals surface area contributed by atoms with Crippen LogP contribution in [0.1, 0.15) is 18.2 Å². The van der Waals surface area contributed by atoms with E-state index < -0.39 is 0 Å². The Kier molecular flexibility index (Phi) is 4.82. The van der Waals surface area contributed by atoms with Crippen LogP contribution in [0.15, 0.2) is 15.9 Å². The minimum absolute atomic E-state index is 0.624. The van der Waals surface area contributed by atoms with Gasteiger partial charge in [-0.15, -0.1) is 11.3 Å². The van der Waals surface area contributed by atoms with E-state index in [-0.39, 0.29) is 0 Å². The van der Waals surface area contributed by atoms with Gasteiger partial charge in [-0.1, -0.05) is 6.92 Å². The highest BCUT2D eigenvalue weighted by molar-refractivity contribution is 9.10. The minimum Gasteiger partial charge on any atom is -0.381 e. The van der Waals surface area contributed by atoms with E-state index in [0.29, 0.717) is 12.0 Å². The molecule has 2 rings (SSSR count). The lowest BCUT2D eigenvalue weighted by molar-refractivity contribution is 0.0329. The number of hydrogen-bond acceptors (Lipinski definition) is 3. The van der Waals surface area contributed by atoms with Crippen LogP contribution in [0.2, 0.25) is 0 Å². The van der Waals surface area contributed by atoms with Gasteiger partial charge in [0.2, 0.25) is 0 Å². The summed E-state index contributed by atoms with van der Waals surface area (Å²) in [5, 5.41) is 5.73. The van der Waals surface area contributed by atoms with Crippen molar-refractivity contribution in [1.82, 2.24) is 5.32 Å². The molecular weight excluding hydrogens is 286 g/mol. The normalized spacial score (nSPS) is 25.9. The zero-order valence-corrected chi connectivity index (χ0v) is 11.9. The van der Waals surface area contributed by atoms with Crippen molar-refractivity contribution in [1.29, 1.82) is 0 Å². The van der Waals surface area contributed by atoms with E-state index in [4.69, 9.17) is 4.74 Å². The lowest BCUT2D eigenvalue weighted by Gasteiger charge is -2.31. The van der Waals surface area contributed by atoms with Gasteiger partial charge in [-0.2, -0.15) is 0 Å². The number of halogens is 1. The van der Waals surface area contributed by atoms with Gasteiger partial charge in [0.15, 0.2) is 0 Å². The summed E-state index contributed by atoms with van der Waals surface area (Å²) in [5.74, 6) is 0.624. The molecule has 0 spiro atoms. The molecule has 0 aliphatic carbocycles. The monoisotopic (exact) mass is 303 g/mol. The van der Waals surface area contributed by atoms with E-state index in [1.807, 2.05) is 11.3 Å². The zero-order chi connectivity index (χ0) is 11.4. The fraction of sp³-hybridized carbons (Fsp3) is 0.667. The number of ether oxygens (including phenoxy) is 1. The quantitative estimate of drug-likeness (QED) is 0.923. The first-order valence-electron chi connectivity index (χ1n) is 5.83. The molecule has 16 heavy (non-hydrogen) atoms. The third kappa shape index (κ3) is 3.29. The number of rotatable bonds is 4. The zero-order valence-electron chi connectivity index (χ0n) is 9.54. The minimum atomic E-state index is 0.624. The van der Waals surface area contributed by atoms with Gasteiger partial charge < -0.3 is 10.1 Å². The van der Waals surface area contributed by atoms with Gasteiger partial charge in [0.25, 0.3) is 0 Å². The Labute approximate surface area is 110 Å². The first-order chi connectivity index (χ1) is 7.79. The Hall–Kier alpha value is 0.1000. The lowest BCUT2D eigenvalue weighted by Crippen LogP contribution is -2.43. The molecule has 2 nitrogen and oxygen atoms in total. The van der Waals surface area contributed by atoms with Crippen LogP contribution in [0.25, 0.3) is 0 Å². The molecule has 1 aliphatic rings. The van der Waals surface area contributed by atoms with Gasteiger partial charge in [0.05, 0.1) is 6.61 Å². The predicted molar refractivity (Wildman–Crippen MR) is 72.1 cm³/mol. The summed E-state index contributed by atoms with van der Waals surface area (Å²) >= 11 is 5.34. The topological polar surface area (TPSA) is 21.3 Å². The van der Waals surface area contributed by atoms with Gasteiger partial charge in [0, 0.05) is 33.3 Å². The van der Waals surface area contributed by atoms with E-state index in [2.05, 4.69) is 39.6 Å². The summed E-state index contributed by atoms with van der Waals surface area (Å²) in [7, 11) is 0. The molecule has 1 saturated heterocycles. The van der Waals surface area contributed by atoms with Crippen LogP contribution in [-0.2, 0) is 11.2 Å². The SMILES string of the molecule is CCNC1CCOCC1Cc1cc(Br)cs1. The Morgan fingerprint density at radius 1 is 1.62 bits per heavy atom. The molecule has 2 unspecified atom stereocenters.